The summed E-state index contributed by atoms with van der Waals surface area (Å²) in [4.78, 5) is 36.9. The van der Waals surface area contributed by atoms with Crippen LogP contribution in [0.15, 0.2) is 60.2 Å². The number of aliphatic carboxylic acids is 1. The van der Waals surface area contributed by atoms with Gasteiger partial charge in [0.25, 0.3) is 0 Å². The van der Waals surface area contributed by atoms with Crippen molar-refractivity contribution in [3.05, 3.63) is 71.3 Å². The lowest BCUT2D eigenvalue weighted by Crippen LogP contribution is -2.38. The smallest absolute Gasteiger partial charge is 0.407 e. The van der Waals surface area contributed by atoms with Gasteiger partial charge in [0.05, 0.1) is 0 Å². The van der Waals surface area contributed by atoms with Crippen LogP contribution >= 0.6 is 0 Å². The summed E-state index contributed by atoms with van der Waals surface area (Å²) in [6.07, 6.45) is 1.48. The Labute approximate surface area is 180 Å². The van der Waals surface area contributed by atoms with Crippen LogP contribution in [0.3, 0.4) is 0 Å². The third-order valence-corrected chi connectivity index (χ3v) is 5.79. The molecular formula is C24H24N2O5. The first-order chi connectivity index (χ1) is 15.0. The molecule has 2 N–H and O–H groups in total. The number of ether oxygens (including phenoxy) is 1. The number of hydrogen-bond acceptors (Lipinski definition) is 4. The minimum atomic E-state index is -0.941. The first-order valence-corrected chi connectivity index (χ1v) is 10.3. The Morgan fingerprint density at radius 3 is 2.26 bits per heavy atom. The summed E-state index contributed by atoms with van der Waals surface area (Å²) in [7, 11) is 0. The molecule has 0 unspecified atom stereocenters. The van der Waals surface area contributed by atoms with Gasteiger partial charge in [0.15, 0.2) is 0 Å². The van der Waals surface area contributed by atoms with Gasteiger partial charge in [0, 0.05) is 37.5 Å². The van der Waals surface area contributed by atoms with E-state index in [9.17, 15) is 14.4 Å². The van der Waals surface area contributed by atoms with Gasteiger partial charge < -0.3 is 20.1 Å². The number of benzene rings is 2. The number of hydrogen-bond donors (Lipinski definition) is 2. The lowest BCUT2D eigenvalue weighted by molar-refractivity contribution is -0.134. The molecule has 2 aromatic carbocycles. The van der Waals surface area contributed by atoms with Crippen LogP contribution in [0.1, 0.15) is 29.9 Å². The number of nitrogens with zero attached hydrogens (tertiary/aromatic N) is 1. The largest absolute Gasteiger partial charge is 0.478 e. The highest BCUT2D eigenvalue weighted by Crippen LogP contribution is 2.44. The highest BCUT2D eigenvalue weighted by molar-refractivity contribution is 5.87. The molecule has 0 aromatic heterocycles. The molecule has 1 aliphatic heterocycles. The summed E-state index contributed by atoms with van der Waals surface area (Å²) in [5.74, 6) is -1.08. The van der Waals surface area contributed by atoms with Gasteiger partial charge in [0.1, 0.15) is 6.61 Å². The molecule has 7 nitrogen and oxygen atoms in total. The maximum Gasteiger partial charge on any atom is 0.407 e. The number of rotatable bonds is 6. The first kappa shape index (κ1) is 20.7. The van der Waals surface area contributed by atoms with Crippen molar-refractivity contribution < 1.29 is 24.2 Å². The van der Waals surface area contributed by atoms with E-state index in [1.165, 1.54) is 11.1 Å². The molecule has 1 heterocycles. The quantitative estimate of drug-likeness (QED) is 0.748. The van der Waals surface area contributed by atoms with E-state index >= 15 is 0 Å². The number of fused-ring (bicyclic) bond motifs is 3. The van der Waals surface area contributed by atoms with Crippen molar-refractivity contribution in [1.82, 2.24) is 10.2 Å². The maximum absolute atomic E-state index is 12.3. The van der Waals surface area contributed by atoms with Crippen LogP contribution in [0.25, 0.3) is 11.1 Å². The van der Waals surface area contributed by atoms with Crippen LogP contribution in [0, 0.1) is 0 Å². The van der Waals surface area contributed by atoms with E-state index < -0.39 is 12.1 Å². The topological polar surface area (TPSA) is 95.9 Å². The Hall–Kier alpha value is -3.61. The number of carboxylic acids is 1. The van der Waals surface area contributed by atoms with E-state index in [0.29, 0.717) is 18.5 Å². The van der Waals surface area contributed by atoms with E-state index in [4.69, 9.17) is 9.84 Å². The number of nitrogens with one attached hydrogen (secondary N) is 1. The predicted octanol–water partition coefficient (Wildman–Crippen LogP) is 3.16. The molecule has 0 atom stereocenters. The Morgan fingerprint density at radius 2 is 1.68 bits per heavy atom. The van der Waals surface area contributed by atoms with E-state index in [0.717, 1.165) is 11.1 Å². The van der Waals surface area contributed by atoms with Gasteiger partial charge in [-0.2, -0.15) is 0 Å². The highest BCUT2D eigenvalue weighted by Gasteiger charge is 2.29. The SMILES string of the molecule is O=C(NCCC(=O)N1CC=C(C(=O)O)CC1)OCC1c2ccccc2-c2ccccc21. The fourth-order valence-electron chi connectivity index (χ4n) is 4.17. The fraction of sp³-hybridized carbons (Fsp3) is 0.292. The Balaban J connectivity index is 1.25. The molecule has 0 radical (unpaired) electrons. The molecule has 0 saturated heterocycles. The number of alkyl carbamates (subject to hydrolysis) is 1. The van der Waals surface area contributed by atoms with Crippen LogP contribution < -0.4 is 5.32 Å². The molecule has 0 bridgehead atoms. The van der Waals surface area contributed by atoms with Gasteiger partial charge >= 0.3 is 12.1 Å². The van der Waals surface area contributed by atoms with Gasteiger partial charge in [-0.1, -0.05) is 54.6 Å². The molecule has 160 valence electrons. The molecule has 31 heavy (non-hydrogen) atoms. The summed E-state index contributed by atoms with van der Waals surface area (Å²) in [6.45, 7) is 1.05. The third kappa shape index (κ3) is 4.45. The number of carbonyl (C=O) groups excluding carboxylic acids is 2. The normalized spacial score (nSPS) is 15.0. The van der Waals surface area contributed by atoms with Crippen LogP contribution in [0.2, 0.25) is 0 Å². The van der Waals surface area contributed by atoms with Gasteiger partial charge in [-0.3, -0.25) is 4.79 Å². The summed E-state index contributed by atoms with van der Waals surface area (Å²) in [5.41, 5.74) is 4.95. The second-order valence-electron chi connectivity index (χ2n) is 7.63. The fourth-order valence-corrected chi connectivity index (χ4v) is 4.17. The second-order valence-corrected chi connectivity index (χ2v) is 7.63. The Bertz CT molecular complexity index is 1000. The monoisotopic (exact) mass is 420 g/mol. The first-order valence-electron chi connectivity index (χ1n) is 10.3. The Kier molecular flexibility index (Phi) is 6.02. The van der Waals surface area contributed by atoms with Crippen molar-refractivity contribution in [2.75, 3.05) is 26.2 Å². The molecule has 0 fully saturated rings. The van der Waals surface area contributed by atoms with E-state index in [1.807, 2.05) is 24.3 Å². The van der Waals surface area contributed by atoms with E-state index in [1.54, 1.807) is 11.0 Å². The van der Waals surface area contributed by atoms with Crippen molar-refractivity contribution in [2.45, 2.75) is 18.8 Å². The minimum Gasteiger partial charge on any atom is -0.478 e. The van der Waals surface area contributed by atoms with E-state index in [2.05, 4.69) is 29.6 Å². The summed E-state index contributed by atoms with van der Waals surface area (Å²) >= 11 is 0. The van der Waals surface area contributed by atoms with Crippen molar-refractivity contribution >= 4 is 18.0 Å². The minimum absolute atomic E-state index is 0.0108. The van der Waals surface area contributed by atoms with Crippen LogP contribution in [-0.2, 0) is 14.3 Å². The third-order valence-electron chi connectivity index (χ3n) is 5.79. The van der Waals surface area contributed by atoms with Crippen molar-refractivity contribution in [2.24, 2.45) is 0 Å². The molecule has 4 rings (SSSR count). The second kappa shape index (κ2) is 9.04. The van der Waals surface area contributed by atoms with Gasteiger partial charge in [-0.15, -0.1) is 0 Å². The lowest BCUT2D eigenvalue weighted by Gasteiger charge is -2.25. The summed E-state index contributed by atoms with van der Waals surface area (Å²) < 4.78 is 5.46. The van der Waals surface area contributed by atoms with Crippen LogP contribution in [0.5, 0.6) is 0 Å². The standard InChI is InChI=1S/C24H24N2O5/c27-22(26-13-10-16(11-14-26)23(28)29)9-12-25-24(30)31-15-21-19-7-3-1-5-17(19)18-6-2-4-8-20(18)21/h1-8,10,21H,9,11-15H2,(H,25,30)(H,28,29). The zero-order chi connectivity index (χ0) is 21.8. The van der Waals surface area contributed by atoms with Crippen molar-refractivity contribution in [3.8, 4) is 11.1 Å². The number of carbonyl (C=O) groups is 3. The molecular weight excluding hydrogens is 396 g/mol. The van der Waals surface area contributed by atoms with E-state index in [-0.39, 0.29) is 37.9 Å². The average Bonchev–Trinajstić information content (AvgIpc) is 3.11. The maximum atomic E-state index is 12.3. The average molecular weight is 420 g/mol. The number of carboxylic acid groups (broad SMARTS) is 1. The van der Waals surface area contributed by atoms with Crippen LogP contribution in [-0.4, -0.2) is 54.2 Å². The number of amides is 2. The van der Waals surface area contributed by atoms with Crippen molar-refractivity contribution in [1.29, 1.82) is 0 Å². The molecule has 2 amide bonds. The molecule has 7 heteroatoms. The molecule has 0 saturated carbocycles. The zero-order valence-electron chi connectivity index (χ0n) is 17.0. The van der Waals surface area contributed by atoms with Gasteiger partial charge in [-0.25, -0.2) is 9.59 Å². The summed E-state index contributed by atoms with van der Waals surface area (Å²) in [5, 5.41) is 11.6. The molecule has 1 aliphatic carbocycles. The Morgan fingerprint density at radius 1 is 1.03 bits per heavy atom. The van der Waals surface area contributed by atoms with Crippen molar-refractivity contribution in [3.63, 3.8) is 0 Å². The highest BCUT2D eigenvalue weighted by atomic mass is 16.5. The van der Waals surface area contributed by atoms with Gasteiger partial charge in [0.2, 0.25) is 5.91 Å². The molecule has 2 aliphatic rings. The predicted molar refractivity (Wildman–Crippen MR) is 115 cm³/mol. The molecule has 0 spiro atoms. The zero-order valence-corrected chi connectivity index (χ0v) is 17.0. The van der Waals surface area contributed by atoms with Gasteiger partial charge in [-0.05, 0) is 28.7 Å². The summed E-state index contributed by atoms with van der Waals surface area (Å²) in [6, 6.07) is 16.2. The lowest BCUT2D eigenvalue weighted by atomic mass is 9.98. The van der Waals surface area contributed by atoms with Crippen LogP contribution in [0.4, 0.5) is 4.79 Å². The molecule has 2 aromatic rings.